The highest BCUT2D eigenvalue weighted by atomic mass is 15.1. The summed E-state index contributed by atoms with van der Waals surface area (Å²) in [7, 11) is 0. The molecule has 3 nitrogen and oxygen atoms in total. The fourth-order valence-electron chi connectivity index (χ4n) is 0.942. The summed E-state index contributed by atoms with van der Waals surface area (Å²) in [6, 6.07) is 0. The average molecular weight is 191 g/mol. The van der Waals surface area contributed by atoms with Crippen molar-refractivity contribution >= 4 is 5.95 Å². The molecule has 0 aliphatic carbocycles. The molecule has 1 aromatic heterocycles. The molecule has 0 aliphatic heterocycles. The molecule has 1 N–H and O–H groups in total. The fourth-order valence-corrected chi connectivity index (χ4v) is 0.942. The summed E-state index contributed by atoms with van der Waals surface area (Å²) >= 11 is 0. The molecule has 0 unspecified atom stereocenters. The van der Waals surface area contributed by atoms with Gasteiger partial charge in [0.2, 0.25) is 5.95 Å². The molecule has 1 rings (SSSR count). The van der Waals surface area contributed by atoms with E-state index in [4.69, 9.17) is 0 Å². The van der Waals surface area contributed by atoms with Crippen molar-refractivity contribution in [1.29, 1.82) is 0 Å². The van der Waals surface area contributed by atoms with Crippen molar-refractivity contribution in [3.8, 4) is 0 Å². The van der Waals surface area contributed by atoms with Crippen LogP contribution in [0.1, 0.15) is 24.6 Å². The molecule has 0 aromatic carbocycles. The Balaban J connectivity index is 2.60. The predicted molar refractivity (Wildman–Crippen MR) is 59.4 cm³/mol. The lowest BCUT2D eigenvalue weighted by Crippen LogP contribution is -2.07. The first-order valence-electron chi connectivity index (χ1n) is 4.84. The van der Waals surface area contributed by atoms with Crippen molar-refractivity contribution in [1.82, 2.24) is 9.97 Å². The highest BCUT2D eigenvalue weighted by Gasteiger charge is 1.98. The number of anilines is 1. The van der Waals surface area contributed by atoms with E-state index in [0.717, 1.165) is 29.8 Å². The lowest BCUT2D eigenvalue weighted by Gasteiger charge is -2.06. The summed E-state index contributed by atoms with van der Waals surface area (Å²) in [5.74, 6) is 0.683. The summed E-state index contributed by atoms with van der Waals surface area (Å²) in [6.45, 7) is 10.7. The Morgan fingerprint density at radius 2 is 2.21 bits per heavy atom. The van der Waals surface area contributed by atoms with Crippen LogP contribution in [0.5, 0.6) is 0 Å². The summed E-state index contributed by atoms with van der Waals surface area (Å²) in [4.78, 5) is 8.50. The van der Waals surface area contributed by atoms with Gasteiger partial charge in [0.1, 0.15) is 0 Å². The number of nitrogens with zero attached hydrogens (tertiary/aromatic N) is 2. The maximum atomic E-state index is 4.32. The molecule has 0 bridgehead atoms. The normalized spacial score (nSPS) is 9.93. The Hall–Kier alpha value is -1.38. The lowest BCUT2D eigenvalue weighted by molar-refractivity contribution is 0.998. The maximum absolute atomic E-state index is 4.32. The molecule has 0 saturated carbocycles. The van der Waals surface area contributed by atoms with E-state index in [9.17, 15) is 0 Å². The van der Waals surface area contributed by atoms with Gasteiger partial charge in [-0.3, -0.25) is 0 Å². The first kappa shape index (κ1) is 10.7. The molecular formula is C11H17N3. The largest absolute Gasteiger partial charge is 0.350 e. The second kappa shape index (κ2) is 4.74. The van der Waals surface area contributed by atoms with Gasteiger partial charge in [-0.25, -0.2) is 9.97 Å². The van der Waals surface area contributed by atoms with E-state index in [1.165, 1.54) is 0 Å². The van der Waals surface area contributed by atoms with Gasteiger partial charge >= 0.3 is 0 Å². The van der Waals surface area contributed by atoms with Gasteiger partial charge < -0.3 is 5.32 Å². The third-order valence-corrected chi connectivity index (χ3v) is 2.22. The van der Waals surface area contributed by atoms with Gasteiger partial charge in [-0.05, 0) is 25.8 Å². The molecule has 0 amide bonds. The highest BCUT2D eigenvalue weighted by molar-refractivity contribution is 5.30. The van der Waals surface area contributed by atoms with Crippen molar-refractivity contribution in [2.24, 2.45) is 0 Å². The average Bonchev–Trinajstić information content (AvgIpc) is 2.19. The zero-order chi connectivity index (χ0) is 10.6. The zero-order valence-corrected chi connectivity index (χ0v) is 9.09. The molecule has 0 saturated heterocycles. The van der Waals surface area contributed by atoms with Gasteiger partial charge in [0.05, 0.1) is 0 Å². The molecule has 0 spiro atoms. The highest BCUT2D eigenvalue weighted by Crippen LogP contribution is 2.06. The van der Waals surface area contributed by atoms with Gasteiger partial charge in [0.25, 0.3) is 0 Å². The number of rotatable bonds is 4. The van der Waals surface area contributed by atoms with E-state index in [-0.39, 0.29) is 0 Å². The SMILES string of the molecule is C=C(CC)CNc1ncc(C)c(C)n1. The smallest absolute Gasteiger partial charge is 0.223 e. The number of hydrogen-bond donors (Lipinski definition) is 1. The molecule has 76 valence electrons. The molecule has 0 aliphatic rings. The Kier molecular flexibility index (Phi) is 3.63. The van der Waals surface area contributed by atoms with Crippen molar-refractivity contribution in [3.05, 3.63) is 29.6 Å². The predicted octanol–water partition coefficient (Wildman–Crippen LogP) is 2.47. The van der Waals surface area contributed by atoms with Gasteiger partial charge in [-0.2, -0.15) is 0 Å². The van der Waals surface area contributed by atoms with Gasteiger partial charge in [0, 0.05) is 18.4 Å². The quantitative estimate of drug-likeness (QED) is 0.743. The van der Waals surface area contributed by atoms with Crippen LogP contribution in [-0.4, -0.2) is 16.5 Å². The Labute approximate surface area is 85.3 Å². The Morgan fingerprint density at radius 3 is 2.79 bits per heavy atom. The summed E-state index contributed by atoms with van der Waals surface area (Å²) in [5.41, 5.74) is 3.29. The van der Waals surface area contributed by atoms with Crippen molar-refractivity contribution < 1.29 is 0 Å². The van der Waals surface area contributed by atoms with Crippen molar-refractivity contribution in [2.45, 2.75) is 27.2 Å². The molecule has 1 aromatic rings. The van der Waals surface area contributed by atoms with E-state index in [1.54, 1.807) is 0 Å². The molecule has 0 fully saturated rings. The molecule has 0 atom stereocenters. The van der Waals surface area contributed by atoms with Crippen molar-refractivity contribution in [2.75, 3.05) is 11.9 Å². The fraction of sp³-hybridized carbons (Fsp3) is 0.455. The van der Waals surface area contributed by atoms with Crippen LogP contribution < -0.4 is 5.32 Å². The second-order valence-corrected chi connectivity index (χ2v) is 3.42. The van der Waals surface area contributed by atoms with Crippen LogP contribution in [0, 0.1) is 13.8 Å². The summed E-state index contributed by atoms with van der Waals surface area (Å²) in [6.07, 6.45) is 2.82. The Bertz CT molecular complexity index is 331. The van der Waals surface area contributed by atoms with E-state index < -0.39 is 0 Å². The van der Waals surface area contributed by atoms with E-state index in [1.807, 2.05) is 20.0 Å². The van der Waals surface area contributed by atoms with E-state index in [2.05, 4.69) is 28.8 Å². The van der Waals surface area contributed by atoms with E-state index in [0.29, 0.717) is 5.95 Å². The summed E-state index contributed by atoms with van der Waals surface area (Å²) < 4.78 is 0. The van der Waals surface area contributed by atoms with Gasteiger partial charge in [0.15, 0.2) is 0 Å². The number of hydrogen-bond acceptors (Lipinski definition) is 3. The third-order valence-electron chi connectivity index (χ3n) is 2.22. The van der Waals surface area contributed by atoms with Crippen LogP contribution in [0.4, 0.5) is 5.95 Å². The molecule has 0 radical (unpaired) electrons. The third kappa shape index (κ3) is 2.83. The van der Waals surface area contributed by atoms with Crippen LogP contribution in [0.15, 0.2) is 18.3 Å². The number of aromatic nitrogens is 2. The van der Waals surface area contributed by atoms with Gasteiger partial charge in [-0.15, -0.1) is 0 Å². The molecular weight excluding hydrogens is 174 g/mol. The van der Waals surface area contributed by atoms with Crippen molar-refractivity contribution in [3.63, 3.8) is 0 Å². The molecule has 1 heterocycles. The number of aryl methyl sites for hydroxylation is 2. The first-order valence-corrected chi connectivity index (χ1v) is 4.84. The van der Waals surface area contributed by atoms with Crippen LogP contribution >= 0.6 is 0 Å². The second-order valence-electron chi connectivity index (χ2n) is 3.42. The van der Waals surface area contributed by atoms with Crippen LogP contribution in [0.2, 0.25) is 0 Å². The maximum Gasteiger partial charge on any atom is 0.223 e. The van der Waals surface area contributed by atoms with E-state index >= 15 is 0 Å². The molecule has 14 heavy (non-hydrogen) atoms. The van der Waals surface area contributed by atoms with Crippen LogP contribution in [0.25, 0.3) is 0 Å². The monoisotopic (exact) mass is 191 g/mol. The minimum atomic E-state index is 0.683. The lowest BCUT2D eigenvalue weighted by atomic mass is 10.2. The zero-order valence-electron chi connectivity index (χ0n) is 9.09. The first-order chi connectivity index (χ1) is 6.63. The standard InChI is InChI=1S/C11H17N3/c1-5-8(2)6-12-11-13-7-9(3)10(4)14-11/h7H,2,5-6H2,1,3-4H3,(H,12,13,14). The Morgan fingerprint density at radius 1 is 1.50 bits per heavy atom. The molecule has 3 heteroatoms. The van der Waals surface area contributed by atoms with Crippen LogP contribution in [0.3, 0.4) is 0 Å². The minimum absolute atomic E-state index is 0.683. The van der Waals surface area contributed by atoms with Gasteiger partial charge in [-0.1, -0.05) is 19.1 Å². The summed E-state index contributed by atoms with van der Waals surface area (Å²) in [5, 5.41) is 3.14. The topological polar surface area (TPSA) is 37.8 Å². The van der Waals surface area contributed by atoms with Crippen LogP contribution in [-0.2, 0) is 0 Å². The number of nitrogens with one attached hydrogen (secondary N) is 1. The minimum Gasteiger partial charge on any atom is -0.350 e.